The van der Waals surface area contributed by atoms with Crippen LogP contribution in [0.2, 0.25) is 0 Å². The van der Waals surface area contributed by atoms with Gasteiger partial charge in [0.2, 0.25) is 0 Å². The van der Waals surface area contributed by atoms with E-state index in [1.807, 2.05) is 0 Å². The van der Waals surface area contributed by atoms with Gasteiger partial charge in [-0.05, 0) is 68.3 Å². The van der Waals surface area contributed by atoms with Crippen LogP contribution in [0.1, 0.15) is 30.5 Å². The quantitative estimate of drug-likeness (QED) is 0.177. The monoisotopic (exact) mass is 598 g/mol. The number of nitrogens with one attached hydrogen (secondary N) is 1. The number of anilines is 2. The molecule has 1 aliphatic heterocycles. The molecule has 7 nitrogen and oxygen atoms in total. The number of rotatable bonds is 6. The number of benzene rings is 3. The van der Waals surface area contributed by atoms with E-state index in [0.717, 1.165) is 35.2 Å². The number of hydrogen-bond donors (Lipinski definition) is 2. The van der Waals surface area contributed by atoms with Crippen LogP contribution in [0.3, 0.4) is 0 Å². The Kier molecular flexibility index (Phi) is 8.13. The van der Waals surface area contributed by atoms with Crippen LogP contribution in [0, 0.1) is 5.82 Å². The normalized spacial score (nSPS) is 17.0. The number of alkyl halides is 6. The first kappa shape index (κ1) is 30.6. The standard InChI is InChI=1S/C28H25F7N4O3/c1-26(2)23(39(42)24(40)36-20-10-5-8-18(15-20)27(30,31)32)38(21-11-6-9-19(16-21)28(33,34)35)25(41)37(26)14-13-17-7-3-4-12-22(17)29/h3-12,15-16,23,42H,13-14H2,1-2H3,(H,36,40)/t23-/m0/s1. The van der Waals surface area contributed by atoms with Crippen molar-refractivity contribution in [1.82, 2.24) is 9.96 Å². The van der Waals surface area contributed by atoms with Crippen LogP contribution in [-0.2, 0) is 18.8 Å². The summed E-state index contributed by atoms with van der Waals surface area (Å²) in [7, 11) is 0. The minimum Gasteiger partial charge on any atom is -0.315 e. The van der Waals surface area contributed by atoms with Gasteiger partial charge in [0, 0.05) is 17.9 Å². The fourth-order valence-corrected chi connectivity index (χ4v) is 4.81. The lowest BCUT2D eigenvalue weighted by Gasteiger charge is -2.38. The first-order valence-electron chi connectivity index (χ1n) is 12.5. The highest BCUT2D eigenvalue weighted by Crippen LogP contribution is 2.40. The number of halogens is 7. The van der Waals surface area contributed by atoms with Crippen molar-refractivity contribution in [2.45, 2.75) is 44.3 Å². The molecule has 0 spiro atoms. The van der Waals surface area contributed by atoms with Crippen molar-refractivity contribution in [3.05, 3.63) is 95.3 Å². The van der Waals surface area contributed by atoms with E-state index in [1.54, 1.807) is 6.07 Å². The van der Waals surface area contributed by atoms with Crippen molar-refractivity contribution in [2.24, 2.45) is 0 Å². The number of hydroxylamine groups is 2. The summed E-state index contributed by atoms with van der Waals surface area (Å²) in [5, 5.41) is 13.2. The van der Waals surface area contributed by atoms with Crippen LogP contribution in [-0.4, -0.2) is 45.5 Å². The van der Waals surface area contributed by atoms with Gasteiger partial charge in [0.15, 0.2) is 6.17 Å². The van der Waals surface area contributed by atoms with Crippen molar-refractivity contribution in [3.8, 4) is 0 Å². The molecule has 42 heavy (non-hydrogen) atoms. The van der Waals surface area contributed by atoms with Gasteiger partial charge >= 0.3 is 24.4 Å². The number of nitrogens with zero attached hydrogens (tertiary/aromatic N) is 3. The Labute approximate surface area is 235 Å². The van der Waals surface area contributed by atoms with Gasteiger partial charge in [-0.1, -0.05) is 30.3 Å². The molecular formula is C28H25F7N4O3. The number of carbonyl (C=O) groups excluding carboxylic acids is 2. The van der Waals surface area contributed by atoms with Crippen LogP contribution >= 0.6 is 0 Å². The minimum absolute atomic E-state index is 0.00709. The predicted molar refractivity (Wildman–Crippen MR) is 138 cm³/mol. The summed E-state index contributed by atoms with van der Waals surface area (Å²) < 4.78 is 94.3. The first-order chi connectivity index (χ1) is 19.5. The summed E-state index contributed by atoms with van der Waals surface area (Å²) in [5.74, 6) is -0.544. The molecule has 0 aliphatic carbocycles. The van der Waals surface area contributed by atoms with Gasteiger partial charge in [0.1, 0.15) is 5.82 Å². The molecule has 1 atom stereocenters. The smallest absolute Gasteiger partial charge is 0.315 e. The summed E-state index contributed by atoms with van der Waals surface area (Å²) in [6.07, 6.45) is -11.2. The zero-order valence-electron chi connectivity index (χ0n) is 22.2. The highest BCUT2D eigenvalue weighted by atomic mass is 19.4. The molecular weight excluding hydrogens is 573 g/mol. The van der Waals surface area contributed by atoms with Gasteiger partial charge in [-0.25, -0.2) is 14.0 Å². The van der Waals surface area contributed by atoms with E-state index in [0.29, 0.717) is 12.1 Å². The molecule has 1 aliphatic rings. The summed E-state index contributed by atoms with van der Waals surface area (Å²) in [4.78, 5) is 28.8. The highest BCUT2D eigenvalue weighted by molar-refractivity contribution is 5.98. The molecule has 2 N–H and O–H groups in total. The third kappa shape index (κ3) is 6.12. The zero-order chi connectivity index (χ0) is 31.0. The Morgan fingerprint density at radius 2 is 1.52 bits per heavy atom. The van der Waals surface area contributed by atoms with E-state index in [1.165, 1.54) is 43.0 Å². The number of hydrogen-bond acceptors (Lipinski definition) is 3. The maximum absolute atomic E-state index is 14.3. The van der Waals surface area contributed by atoms with Gasteiger partial charge in [0.25, 0.3) is 0 Å². The highest BCUT2D eigenvalue weighted by Gasteiger charge is 2.56. The molecule has 3 aromatic carbocycles. The van der Waals surface area contributed by atoms with Gasteiger partial charge in [0.05, 0.1) is 16.7 Å². The Morgan fingerprint density at radius 3 is 2.14 bits per heavy atom. The molecule has 3 aromatic rings. The lowest BCUT2D eigenvalue weighted by molar-refractivity contribution is -0.138. The van der Waals surface area contributed by atoms with Crippen LogP contribution in [0.4, 0.5) is 51.7 Å². The SMILES string of the molecule is CC1(C)[C@H](N(O)C(=O)Nc2cccc(C(F)(F)F)c2)N(c2cccc(C(F)(F)F)c2)C(=O)N1CCc1ccccc1F. The van der Waals surface area contributed by atoms with Gasteiger partial charge in [-0.15, -0.1) is 0 Å². The van der Waals surface area contributed by atoms with Crippen molar-refractivity contribution in [3.63, 3.8) is 0 Å². The second kappa shape index (κ2) is 11.2. The topological polar surface area (TPSA) is 76.1 Å². The molecule has 0 saturated carbocycles. The Balaban J connectivity index is 1.71. The summed E-state index contributed by atoms with van der Waals surface area (Å²) in [6.45, 7) is 2.72. The molecule has 4 amide bonds. The lowest BCUT2D eigenvalue weighted by atomic mass is 9.99. The maximum atomic E-state index is 14.3. The molecule has 1 heterocycles. The van der Waals surface area contributed by atoms with Crippen molar-refractivity contribution in [2.75, 3.05) is 16.8 Å². The summed E-state index contributed by atoms with van der Waals surface area (Å²) in [5.41, 5.74) is -4.09. The van der Waals surface area contributed by atoms with Gasteiger partial charge < -0.3 is 10.2 Å². The minimum atomic E-state index is -4.78. The lowest BCUT2D eigenvalue weighted by Crippen LogP contribution is -2.58. The van der Waals surface area contributed by atoms with Crippen LogP contribution in [0.15, 0.2) is 72.8 Å². The molecule has 4 rings (SSSR count). The molecule has 14 heteroatoms. The maximum Gasteiger partial charge on any atom is 0.416 e. The number of carbonyl (C=O) groups is 2. The van der Waals surface area contributed by atoms with Crippen LogP contribution in [0.25, 0.3) is 0 Å². The first-order valence-corrected chi connectivity index (χ1v) is 12.5. The molecule has 1 fully saturated rings. The Bertz CT molecular complexity index is 1480. The van der Waals surface area contributed by atoms with Gasteiger partial charge in [-0.3, -0.25) is 10.1 Å². The second-order valence-corrected chi connectivity index (χ2v) is 10.1. The van der Waals surface area contributed by atoms with Gasteiger partial charge in [-0.2, -0.15) is 31.4 Å². The van der Waals surface area contributed by atoms with E-state index < -0.39 is 53.1 Å². The van der Waals surface area contributed by atoms with Crippen LogP contribution in [0.5, 0.6) is 0 Å². The number of urea groups is 2. The molecule has 224 valence electrons. The molecule has 1 saturated heterocycles. The molecule has 0 radical (unpaired) electrons. The van der Waals surface area contributed by atoms with Crippen molar-refractivity contribution >= 4 is 23.4 Å². The third-order valence-corrected chi connectivity index (χ3v) is 6.90. The second-order valence-electron chi connectivity index (χ2n) is 10.1. The van der Waals surface area contributed by atoms with E-state index >= 15 is 0 Å². The third-order valence-electron chi connectivity index (χ3n) is 6.90. The average Bonchev–Trinajstić information content (AvgIpc) is 3.11. The van der Waals surface area contributed by atoms with Crippen molar-refractivity contribution in [1.29, 1.82) is 0 Å². The zero-order valence-corrected chi connectivity index (χ0v) is 22.2. The van der Waals surface area contributed by atoms with Crippen LogP contribution < -0.4 is 10.2 Å². The molecule has 0 unspecified atom stereocenters. The summed E-state index contributed by atoms with van der Waals surface area (Å²) >= 11 is 0. The van der Waals surface area contributed by atoms with E-state index in [2.05, 4.69) is 5.32 Å². The largest absolute Gasteiger partial charge is 0.416 e. The molecule has 0 bridgehead atoms. The predicted octanol–water partition coefficient (Wildman–Crippen LogP) is 7.38. The molecule has 0 aromatic heterocycles. The van der Waals surface area contributed by atoms with E-state index in [4.69, 9.17) is 0 Å². The fourth-order valence-electron chi connectivity index (χ4n) is 4.81. The van der Waals surface area contributed by atoms with E-state index in [-0.39, 0.29) is 35.0 Å². The average molecular weight is 599 g/mol. The number of amides is 4. The Hall–Kier alpha value is -4.33. The van der Waals surface area contributed by atoms with Crippen molar-refractivity contribution < 1.29 is 45.5 Å². The van der Waals surface area contributed by atoms with E-state index in [9.17, 15) is 45.5 Å². The fraction of sp³-hybridized carbons (Fsp3) is 0.286. The summed E-state index contributed by atoms with van der Waals surface area (Å²) in [6, 6.07) is 10.7. The Morgan fingerprint density at radius 1 is 0.929 bits per heavy atom.